The molecule has 0 bridgehead atoms. The number of para-hydroxylation sites is 3. The van der Waals surface area contributed by atoms with Crippen LogP contribution in [0.1, 0.15) is 6.92 Å². The molecule has 0 saturated heterocycles. The minimum atomic E-state index is -4.91. The van der Waals surface area contributed by atoms with Gasteiger partial charge in [-0.05, 0) is 31.2 Å². The molecule has 0 aromatic heterocycles. The third kappa shape index (κ3) is 4.40. The number of hydrogen-bond donors (Lipinski definition) is 2. The monoisotopic (exact) mass is 392 g/mol. The molecule has 2 aromatic carbocycles. The summed E-state index contributed by atoms with van der Waals surface area (Å²) in [6.07, 6.45) is -4.91. The second kappa shape index (κ2) is 7.59. The molecule has 1 aliphatic rings. The van der Waals surface area contributed by atoms with Crippen molar-refractivity contribution in [3.05, 3.63) is 54.6 Å². The zero-order valence-corrected chi connectivity index (χ0v) is 14.5. The summed E-state index contributed by atoms with van der Waals surface area (Å²) < 4.78 is 41.5. The van der Waals surface area contributed by atoms with Crippen molar-refractivity contribution in [3.8, 4) is 5.75 Å². The van der Waals surface area contributed by atoms with Crippen LogP contribution in [0.3, 0.4) is 0 Å². The maximum atomic E-state index is 12.5. The highest BCUT2D eigenvalue weighted by atomic mass is 19.4. The molecule has 2 amide bonds. The third-order valence-corrected chi connectivity index (χ3v) is 3.71. The standard InChI is InChI=1S/C18H15F3N4O3/c1-11-17(27)25(12-7-3-2-4-8-12)24-15(22-11)16(26)23-13-9-5-6-10-14(13)28-18(19,20)21/h2-11H,1H3,(H,22,24)(H,23,26). The Balaban J connectivity index is 1.81. The predicted octanol–water partition coefficient (Wildman–Crippen LogP) is 2.86. The first kappa shape index (κ1) is 19.2. The molecule has 2 N–H and O–H groups in total. The van der Waals surface area contributed by atoms with Crippen LogP contribution in [0.5, 0.6) is 5.75 Å². The molecule has 28 heavy (non-hydrogen) atoms. The van der Waals surface area contributed by atoms with Gasteiger partial charge >= 0.3 is 6.36 Å². The highest BCUT2D eigenvalue weighted by molar-refractivity contribution is 6.43. The SMILES string of the molecule is CC1N=C(C(=O)Nc2ccccc2OC(F)(F)F)NN(c2ccccc2)C1=O. The molecule has 0 radical (unpaired) electrons. The predicted molar refractivity (Wildman–Crippen MR) is 95.7 cm³/mol. The van der Waals surface area contributed by atoms with Crippen LogP contribution < -0.4 is 20.5 Å². The van der Waals surface area contributed by atoms with Crippen molar-refractivity contribution in [2.45, 2.75) is 19.3 Å². The molecule has 7 nitrogen and oxygen atoms in total. The minimum absolute atomic E-state index is 0.190. The number of alkyl halides is 3. The van der Waals surface area contributed by atoms with E-state index in [0.717, 1.165) is 11.1 Å². The number of aliphatic imine (C=N–C) groups is 1. The molecular weight excluding hydrogens is 377 g/mol. The van der Waals surface area contributed by atoms with E-state index in [-0.39, 0.29) is 17.4 Å². The van der Waals surface area contributed by atoms with Gasteiger partial charge in [0.15, 0.2) is 5.75 Å². The molecular formula is C18H15F3N4O3. The lowest BCUT2D eigenvalue weighted by molar-refractivity contribution is -0.274. The summed E-state index contributed by atoms with van der Waals surface area (Å²) >= 11 is 0. The molecule has 2 aromatic rings. The van der Waals surface area contributed by atoms with Gasteiger partial charge in [-0.1, -0.05) is 30.3 Å². The molecule has 0 spiro atoms. The quantitative estimate of drug-likeness (QED) is 0.838. The first-order valence-corrected chi connectivity index (χ1v) is 8.14. The number of carbonyl (C=O) groups is 2. The number of carbonyl (C=O) groups excluding carboxylic acids is 2. The van der Waals surface area contributed by atoms with Crippen molar-refractivity contribution >= 4 is 29.0 Å². The highest BCUT2D eigenvalue weighted by Crippen LogP contribution is 2.30. The van der Waals surface area contributed by atoms with E-state index in [4.69, 9.17) is 0 Å². The number of halogens is 3. The van der Waals surface area contributed by atoms with Gasteiger partial charge < -0.3 is 10.1 Å². The van der Waals surface area contributed by atoms with Crippen molar-refractivity contribution in [1.29, 1.82) is 0 Å². The number of amides is 2. The molecule has 1 aliphatic heterocycles. The molecule has 1 atom stereocenters. The fourth-order valence-corrected chi connectivity index (χ4v) is 2.47. The van der Waals surface area contributed by atoms with Gasteiger partial charge in [0.2, 0.25) is 5.84 Å². The number of anilines is 2. The summed E-state index contributed by atoms with van der Waals surface area (Å²) in [5.74, 6) is -2.00. The topological polar surface area (TPSA) is 83.0 Å². The van der Waals surface area contributed by atoms with Gasteiger partial charge in [0.05, 0.1) is 11.4 Å². The second-order valence-corrected chi connectivity index (χ2v) is 5.77. The van der Waals surface area contributed by atoms with E-state index < -0.39 is 24.1 Å². The van der Waals surface area contributed by atoms with Gasteiger partial charge in [-0.15, -0.1) is 13.2 Å². The zero-order chi connectivity index (χ0) is 20.3. The normalized spacial score (nSPS) is 16.9. The van der Waals surface area contributed by atoms with Crippen molar-refractivity contribution in [1.82, 2.24) is 5.43 Å². The lowest BCUT2D eigenvalue weighted by Gasteiger charge is -2.30. The Bertz CT molecular complexity index is 916. The second-order valence-electron chi connectivity index (χ2n) is 5.77. The van der Waals surface area contributed by atoms with E-state index >= 15 is 0 Å². The number of ether oxygens (including phenoxy) is 1. The first-order valence-electron chi connectivity index (χ1n) is 8.14. The third-order valence-electron chi connectivity index (χ3n) is 3.71. The number of amidine groups is 1. The average Bonchev–Trinajstić information content (AvgIpc) is 2.65. The van der Waals surface area contributed by atoms with Gasteiger partial charge in [0, 0.05) is 0 Å². The van der Waals surface area contributed by atoms with E-state index in [1.807, 2.05) is 0 Å². The lowest BCUT2D eigenvalue weighted by Crippen LogP contribution is -2.57. The maximum Gasteiger partial charge on any atom is 0.573 e. The Hall–Kier alpha value is -3.56. The van der Waals surface area contributed by atoms with E-state index in [1.54, 1.807) is 30.3 Å². The van der Waals surface area contributed by atoms with Crippen molar-refractivity contribution in [2.75, 3.05) is 10.3 Å². The molecule has 1 heterocycles. The Morgan fingerprint density at radius 2 is 1.79 bits per heavy atom. The summed E-state index contributed by atoms with van der Waals surface area (Å²) in [5, 5.41) is 3.47. The Morgan fingerprint density at radius 3 is 2.46 bits per heavy atom. The molecule has 0 fully saturated rings. The summed E-state index contributed by atoms with van der Waals surface area (Å²) in [5.41, 5.74) is 2.89. The van der Waals surface area contributed by atoms with Crippen LogP contribution in [0, 0.1) is 0 Å². The van der Waals surface area contributed by atoms with Crippen molar-refractivity contribution in [3.63, 3.8) is 0 Å². The van der Waals surface area contributed by atoms with Crippen LogP contribution in [-0.4, -0.2) is 30.1 Å². The Kier molecular flexibility index (Phi) is 5.21. The average molecular weight is 392 g/mol. The van der Waals surface area contributed by atoms with Crippen LogP contribution in [0.25, 0.3) is 0 Å². The molecule has 1 unspecified atom stereocenters. The lowest BCUT2D eigenvalue weighted by atomic mass is 10.2. The van der Waals surface area contributed by atoms with Crippen LogP contribution in [0.4, 0.5) is 24.5 Å². The number of nitrogens with zero attached hydrogens (tertiary/aromatic N) is 2. The number of nitrogens with one attached hydrogen (secondary N) is 2. The van der Waals surface area contributed by atoms with E-state index in [2.05, 4.69) is 20.5 Å². The molecule has 3 rings (SSSR count). The van der Waals surface area contributed by atoms with Crippen LogP contribution >= 0.6 is 0 Å². The summed E-state index contributed by atoms with van der Waals surface area (Å²) in [4.78, 5) is 28.9. The maximum absolute atomic E-state index is 12.5. The van der Waals surface area contributed by atoms with Crippen LogP contribution in [0.2, 0.25) is 0 Å². The van der Waals surface area contributed by atoms with Gasteiger partial charge in [-0.25, -0.2) is 10.0 Å². The first-order chi connectivity index (χ1) is 13.2. The number of rotatable bonds is 4. The fourth-order valence-electron chi connectivity index (χ4n) is 2.47. The molecule has 0 aliphatic carbocycles. The number of benzene rings is 2. The van der Waals surface area contributed by atoms with E-state index in [9.17, 15) is 22.8 Å². The summed E-state index contributed by atoms with van der Waals surface area (Å²) in [6.45, 7) is 1.51. The largest absolute Gasteiger partial charge is 0.573 e. The number of hydrogen-bond acceptors (Lipinski definition) is 5. The summed E-state index contributed by atoms with van der Waals surface area (Å²) in [7, 11) is 0. The van der Waals surface area contributed by atoms with Crippen molar-refractivity contribution in [2.24, 2.45) is 4.99 Å². The zero-order valence-electron chi connectivity index (χ0n) is 14.5. The van der Waals surface area contributed by atoms with Gasteiger partial charge in [0.1, 0.15) is 6.04 Å². The van der Waals surface area contributed by atoms with E-state index in [1.165, 1.54) is 25.1 Å². The number of hydrazine groups is 1. The van der Waals surface area contributed by atoms with Crippen LogP contribution in [-0.2, 0) is 9.59 Å². The Labute approximate surface area is 157 Å². The smallest absolute Gasteiger partial charge is 0.404 e. The molecule has 10 heteroatoms. The van der Waals surface area contributed by atoms with Gasteiger partial charge in [-0.2, -0.15) is 0 Å². The van der Waals surface area contributed by atoms with Gasteiger partial charge in [0.25, 0.3) is 11.8 Å². The van der Waals surface area contributed by atoms with Crippen LogP contribution in [0.15, 0.2) is 59.6 Å². The summed E-state index contributed by atoms with van der Waals surface area (Å²) in [6, 6.07) is 12.8. The fraction of sp³-hybridized carbons (Fsp3) is 0.167. The Morgan fingerprint density at radius 1 is 1.14 bits per heavy atom. The highest BCUT2D eigenvalue weighted by Gasteiger charge is 2.33. The van der Waals surface area contributed by atoms with Crippen molar-refractivity contribution < 1.29 is 27.5 Å². The molecule has 146 valence electrons. The molecule has 0 saturated carbocycles. The van der Waals surface area contributed by atoms with E-state index in [0.29, 0.717) is 5.69 Å². The van der Waals surface area contributed by atoms with Gasteiger partial charge in [-0.3, -0.25) is 15.0 Å². The minimum Gasteiger partial charge on any atom is -0.404 e.